The first kappa shape index (κ1) is 31.0. The van der Waals surface area contributed by atoms with Crippen LogP contribution in [0.4, 0.5) is 0 Å². The summed E-state index contributed by atoms with van der Waals surface area (Å²) in [5, 5.41) is 2.82. The molecular formula is C30H40N2O5S. The zero-order valence-corrected chi connectivity index (χ0v) is 24.2. The number of allylic oxidation sites excluding steroid dienone is 2. The molecule has 8 heteroatoms. The number of nitrogens with one attached hydrogen (secondary N) is 2. The molecule has 1 aromatic carbocycles. The fourth-order valence-corrected chi connectivity index (χ4v) is 4.81. The minimum atomic E-state index is -0.456. The zero-order chi connectivity index (χ0) is 28.1. The summed E-state index contributed by atoms with van der Waals surface area (Å²) in [6, 6.07) is 8.47. The van der Waals surface area contributed by atoms with Crippen molar-refractivity contribution in [3.8, 4) is 0 Å². The quantitative estimate of drug-likeness (QED) is 0.0905. The summed E-state index contributed by atoms with van der Waals surface area (Å²) in [5.41, 5.74) is 6.53. The van der Waals surface area contributed by atoms with E-state index in [1.165, 1.54) is 17.6 Å². The Bertz CT molecular complexity index is 1160. The number of thioether (sulfide) groups is 1. The maximum absolute atomic E-state index is 12.9. The third kappa shape index (κ3) is 9.24. The molecule has 1 amide bonds. The summed E-state index contributed by atoms with van der Waals surface area (Å²) in [7, 11) is 1.34. The number of methoxy groups -OCH3 is 1. The van der Waals surface area contributed by atoms with Crippen molar-refractivity contribution in [2.24, 2.45) is 0 Å². The van der Waals surface area contributed by atoms with Crippen LogP contribution in [0.5, 0.6) is 0 Å². The summed E-state index contributed by atoms with van der Waals surface area (Å²) >= 11 is 1.79. The maximum atomic E-state index is 12.9. The minimum absolute atomic E-state index is 0.143. The molecule has 0 saturated carbocycles. The number of carbonyl (C=O) groups excluding carboxylic acids is 3. The summed E-state index contributed by atoms with van der Waals surface area (Å²) in [6.07, 6.45) is 5.50. The van der Waals surface area contributed by atoms with Crippen molar-refractivity contribution >= 4 is 36.2 Å². The Kier molecular flexibility index (Phi) is 12.9. The summed E-state index contributed by atoms with van der Waals surface area (Å²) in [6.45, 7) is 10.4. The number of benzene rings is 1. The van der Waals surface area contributed by atoms with Crippen LogP contribution in [0.1, 0.15) is 79.3 Å². The highest BCUT2D eigenvalue weighted by atomic mass is 32.2. The van der Waals surface area contributed by atoms with Crippen molar-refractivity contribution in [1.29, 1.82) is 0 Å². The predicted molar refractivity (Wildman–Crippen MR) is 153 cm³/mol. The number of hydrogen-bond acceptors (Lipinski definition) is 6. The lowest BCUT2D eigenvalue weighted by atomic mass is 10.0. The van der Waals surface area contributed by atoms with E-state index < -0.39 is 5.97 Å². The first-order chi connectivity index (χ1) is 18.2. The Morgan fingerprint density at radius 3 is 2.45 bits per heavy atom. The van der Waals surface area contributed by atoms with Gasteiger partial charge >= 0.3 is 11.9 Å². The van der Waals surface area contributed by atoms with Gasteiger partial charge in [-0.25, -0.2) is 4.79 Å². The molecular weight excluding hydrogens is 500 g/mol. The molecule has 0 unspecified atom stereocenters. The van der Waals surface area contributed by atoms with E-state index in [-0.39, 0.29) is 12.4 Å². The number of esters is 2. The number of amides is 1. The third-order valence-corrected chi connectivity index (χ3v) is 7.49. The average Bonchev–Trinajstić information content (AvgIpc) is 3.22. The molecule has 0 atom stereocenters. The Balaban J connectivity index is 2.32. The van der Waals surface area contributed by atoms with Gasteiger partial charge in [-0.2, -0.15) is 0 Å². The monoisotopic (exact) mass is 540 g/mol. The number of ether oxygens (including phenoxy) is 2. The number of rotatable bonds is 15. The molecule has 0 aliphatic rings. The van der Waals surface area contributed by atoms with Gasteiger partial charge in [0.15, 0.2) is 0 Å². The third-order valence-electron chi connectivity index (χ3n) is 6.47. The van der Waals surface area contributed by atoms with Crippen molar-refractivity contribution in [2.75, 3.05) is 19.5 Å². The van der Waals surface area contributed by atoms with E-state index in [0.717, 1.165) is 41.7 Å². The van der Waals surface area contributed by atoms with E-state index in [4.69, 9.17) is 9.47 Å². The molecule has 38 heavy (non-hydrogen) atoms. The summed E-state index contributed by atoms with van der Waals surface area (Å²) in [4.78, 5) is 40.5. The number of carbonyl (C=O) groups is 3. The van der Waals surface area contributed by atoms with Crippen molar-refractivity contribution in [1.82, 2.24) is 10.3 Å². The molecule has 1 aromatic heterocycles. The number of aromatic amines is 1. The number of H-pyrrole nitrogens is 1. The fourth-order valence-electron chi connectivity index (χ4n) is 3.84. The second-order valence-electron chi connectivity index (χ2n) is 9.22. The van der Waals surface area contributed by atoms with Gasteiger partial charge in [0.05, 0.1) is 13.7 Å². The fraction of sp³-hybridized carbons (Fsp3) is 0.433. The Morgan fingerprint density at radius 1 is 1.11 bits per heavy atom. The van der Waals surface area contributed by atoms with Crippen molar-refractivity contribution in [2.45, 2.75) is 71.6 Å². The van der Waals surface area contributed by atoms with E-state index in [1.54, 1.807) is 11.8 Å². The number of hydrogen-bond donors (Lipinski definition) is 2. The molecule has 2 rings (SSSR count). The second kappa shape index (κ2) is 15.9. The molecule has 0 fully saturated rings. The molecule has 0 aliphatic heterocycles. The lowest BCUT2D eigenvalue weighted by Gasteiger charge is -2.12. The highest BCUT2D eigenvalue weighted by molar-refractivity contribution is 7.99. The average molecular weight is 541 g/mol. The maximum Gasteiger partial charge on any atom is 0.355 e. The van der Waals surface area contributed by atoms with Crippen molar-refractivity contribution in [3.63, 3.8) is 0 Å². The number of unbranched alkanes of at least 4 members (excludes halogenated alkanes) is 1. The largest absolute Gasteiger partial charge is 0.469 e. The molecule has 0 saturated heterocycles. The molecule has 7 nitrogen and oxygen atoms in total. The first-order valence-electron chi connectivity index (χ1n) is 12.9. The SMILES string of the molecule is CCCCOC(=O)c1[nH]c(/C=C(NC=O)/C(C)=C(\C)CCSc2ccc(C)cc2)c(C)c1CCC(=O)OC. The number of aromatic nitrogens is 1. The Hall–Kier alpha value is -3.26. The van der Waals surface area contributed by atoms with Crippen LogP contribution in [0, 0.1) is 13.8 Å². The highest BCUT2D eigenvalue weighted by Crippen LogP contribution is 2.27. The Labute approximate surface area is 230 Å². The summed E-state index contributed by atoms with van der Waals surface area (Å²) < 4.78 is 10.2. The smallest absolute Gasteiger partial charge is 0.355 e. The normalized spacial score (nSPS) is 12.1. The Morgan fingerprint density at radius 2 is 1.82 bits per heavy atom. The van der Waals surface area contributed by atoms with Crippen LogP contribution in [0.2, 0.25) is 0 Å². The van der Waals surface area contributed by atoms with E-state index in [0.29, 0.717) is 42.1 Å². The van der Waals surface area contributed by atoms with Gasteiger partial charge in [-0.3, -0.25) is 9.59 Å². The van der Waals surface area contributed by atoms with Crippen LogP contribution >= 0.6 is 11.8 Å². The van der Waals surface area contributed by atoms with Gasteiger partial charge in [-0.05, 0) is 81.9 Å². The van der Waals surface area contributed by atoms with Gasteiger partial charge in [0, 0.05) is 28.5 Å². The molecule has 1 heterocycles. The van der Waals surface area contributed by atoms with Crippen molar-refractivity contribution in [3.05, 3.63) is 69.2 Å². The van der Waals surface area contributed by atoms with Crippen LogP contribution in [0.15, 0.2) is 46.0 Å². The van der Waals surface area contributed by atoms with E-state index in [9.17, 15) is 14.4 Å². The molecule has 0 radical (unpaired) electrons. The predicted octanol–water partition coefficient (Wildman–Crippen LogP) is 6.30. The van der Waals surface area contributed by atoms with Gasteiger partial charge in [0.25, 0.3) is 0 Å². The molecule has 0 spiro atoms. The van der Waals surface area contributed by atoms with E-state index >= 15 is 0 Å². The van der Waals surface area contributed by atoms with Gasteiger partial charge < -0.3 is 19.8 Å². The van der Waals surface area contributed by atoms with Gasteiger partial charge in [-0.15, -0.1) is 11.8 Å². The van der Waals surface area contributed by atoms with Crippen LogP contribution in [0.3, 0.4) is 0 Å². The molecule has 0 bridgehead atoms. The molecule has 2 N–H and O–H groups in total. The van der Waals surface area contributed by atoms with Crippen molar-refractivity contribution < 1.29 is 23.9 Å². The van der Waals surface area contributed by atoms with E-state index in [1.807, 2.05) is 26.8 Å². The zero-order valence-electron chi connectivity index (χ0n) is 23.4. The van der Waals surface area contributed by atoms with E-state index in [2.05, 4.69) is 48.4 Å². The minimum Gasteiger partial charge on any atom is -0.469 e. The van der Waals surface area contributed by atoms with Crippen LogP contribution in [-0.4, -0.2) is 42.8 Å². The molecule has 206 valence electrons. The van der Waals surface area contributed by atoms with Crippen LogP contribution in [-0.2, 0) is 25.5 Å². The van der Waals surface area contributed by atoms with Gasteiger partial charge in [0.1, 0.15) is 5.69 Å². The van der Waals surface area contributed by atoms with Crippen LogP contribution < -0.4 is 5.32 Å². The van der Waals surface area contributed by atoms with Crippen LogP contribution in [0.25, 0.3) is 6.08 Å². The first-order valence-corrected chi connectivity index (χ1v) is 13.9. The summed E-state index contributed by atoms with van der Waals surface area (Å²) in [5.74, 6) is 0.102. The second-order valence-corrected chi connectivity index (χ2v) is 10.4. The standard InChI is InChI=1S/C30H40N2O5S/c1-7-8-16-37-30(35)29-25(13-14-28(34)36-6)23(5)27(32-29)18-26(31-19-33)22(4)21(3)15-17-38-24-11-9-20(2)10-12-24/h9-12,18-19,32H,7-8,13-17H2,1-6H3,(H,31,33)/b22-21+,26-18-. The highest BCUT2D eigenvalue weighted by Gasteiger charge is 2.21. The molecule has 0 aliphatic carbocycles. The molecule has 2 aromatic rings. The topological polar surface area (TPSA) is 97.5 Å². The lowest BCUT2D eigenvalue weighted by molar-refractivity contribution is -0.140. The lowest BCUT2D eigenvalue weighted by Crippen LogP contribution is -2.12. The number of aryl methyl sites for hydroxylation is 1. The van der Waals surface area contributed by atoms with Gasteiger partial charge in [0.2, 0.25) is 6.41 Å². The van der Waals surface area contributed by atoms with Gasteiger partial charge in [-0.1, -0.05) is 36.6 Å².